The summed E-state index contributed by atoms with van der Waals surface area (Å²) in [5, 5.41) is 0. The van der Waals surface area contributed by atoms with Gasteiger partial charge in [-0.2, -0.15) is 13.2 Å². The number of benzene rings is 1. The number of pyridine rings is 1. The lowest BCUT2D eigenvalue weighted by molar-refractivity contribution is -0.153. The van der Waals surface area contributed by atoms with Gasteiger partial charge in [-0.05, 0) is 37.1 Å². The van der Waals surface area contributed by atoms with Gasteiger partial charge in [0, 0.05) is 29.9 Å². The second kappa shape index (κ2) is 7.11. The molecule has 3 nitrogen and oxygen atoms in total. The number of halogens is 3. The summed E-state index contributed by atoms with van der Waals surface area (Å²) < 4.78 is 43.9. The first-order chi connectivity index (χ1) is 11.2. The third-order valence-electron chi connectivity index (χ3n) is 3.65. The van der Waals surface area contributed by atoms with Crippen molar-refractivity contribution >= 4 is 0 Å². The van der Waals surface area contributed by atoms with Gasteiger partial charge in [-0.3, -0.25) is 4.79 Å². The highest BCUT2D eigenvalue weighted by Crippen LogP contribution is 2.32. The number of hydrogen-bond donors (Lipinski definition) is 0. The maximum atomic E-state index is 12.5. The molecule has 1 heterocycles. The Morgan fingerprint density at radius 3 is 2.50 bits per heavy atom. The van der Waals surface area contributed by atoms with Gasteiger partial charge in [-0.25, -0.2) is 0 Å². The number of aryl methyl sites for hydroxylation is 3. The quantitative estimate of drug-likeness (QED) is 0.815. The van der Waals surface area contributed by atoms with Crippen LogP contribution in [-0.2, 0) is 13.5 Å². The predicted molar refractivity (Wildman–Crippen MR) is 87.4 cm³/mol. The molecule has 0 spiro atoms. The SMILES string of the molecule is CCCc1ccc(OCC(F)(F)F)c(-c2cc(C)c(=O)n(C)c2)c1. The first-order valence-corrected chi connectivity index (χ1v) is 7.71. The van der Waals surface area contributed by atoms with Crippen molar-refractivity contribution in [1.82, 2.24) is 4.57 Å². The zero-order chi connectivity index (χ0) is 17.9. The van der Waals surface area contributed by atoms with E-state index in [0.717, 1.165) is 18.4 Å². The zero-order valence-corrected chi connectivity index (χ0v) is 13.9. The fourth-order valence-electron chi connectivity index (χ4n) is 2.56. The summed E-state index contributed by atoms with van der Waals surface area (Å²) >= 11 is 0. The number of rotatable bonds is 5. The highest BCUT2D eigenvalue weighted by molar-refractivity contribution is 5.71. The lowest BCUT2D eigenvalue weighted by Gasteiger charge is -2.15. The van der Waals surface area contributed by atoms with Gasteiger partial charge in [-0.1, -0.05) is 19.4 Å². The summed E-state index contributed by atoms with van der Waals surface area (Å²) in [7, 11) is 1.62. The van der Waals surface area contributed by atoms with E-state index < -0.39 is 12.8 Å². The molecule has 0 aliphatic rings. The van der Waals surface area contributed by atoms with Gasteiger partial charge in [-0.15, -0.1) is 0 Å². The van der Waals surface area contributed by atoms with Crippen molar-refractivity contribution in [3.63, 3.8) is 0 Å². The van der Waals surface area contributed by atoms with Crippen LogP contribution in [0.4, 0.5) is 13.2 Å². The smallest absolute Gasteiger partial charge is 0.422 e. The normalized spacial score (nSPS) is 11.6. The lowest BCUT2D eigenvalue weighted by Crippen LogP contribution is -2.20. The minimum absolute atomic E-state index is 0.138. The van der Waals surface area contributed by atoms with Gasteiger partial charge in [0.25, 0.3) is 5.56 Å². The maximum absolute atomic E-state index is 12.5. The molecule has 0 amide bonds. The summed E-state index contributed by atoms with van der Waals surface area (Å²) in [6, 6.07) is 6.84. The van der Waals surface area contributed by atoms with Gasteiger partial charge in [0.1, 0.15) is 5.75 Å². The van der Waals surface area contributed by atoms with Gasteiger partial charge >= 0.3 is 6.18 Å². The van der Waals surface area contributed by atoms with Crippen molar-refractivity contribution in [3.05, 3.63) is 51.9 Å². The average molecular weight is 339 g/mol. The topological polar surface area (TPSA) is 31.2 Å². The van der Waals surface area contributed by atoms with E-state index in [-0.39, 0.29) is 11.3 Å². The molecule has 0 saturated carbocycles. The molecular formula is C18H20F3NO2. The molecule has 24 heavy (non-hydrogen) atoms. The van der Waals surface area contributed by atoms with Crippen molar-refractivity contribution in [2.75, 3.05) is 6.61 Å². The number of ether oxygens (including phenoxy) is 1. The fraction of sp³-hybridized carbons (Fsp3) is 0.389. The molecule has 0 saturated heterocycles. The molecular weight excluding hydrogens is 319 g/mol. The van der Waals surface area contributed by atoms with E-state index >= 15 is 0 Å². The Kier molecular flexibility index (Phi) is 5.36. The van der Waals surface area contributed by atoms with Crippen molar-refractivity contribution in [3.8, 4) is 16.9 Å². The van der Waals surface area contributed by atoms with Crippen molar-refractivity contribution in [2.24, 2.45) is 7.05 Å². The number of alkyl halides is 3. The second-order valence-electron chi connectivity index (χ2n) is 5.81. The van der Waals surface area contributed by atoms with Crippen LogP contribution in [0.3, 0.4) is 0 Å². The number of aromatic nitrogens is 1. The Bertz CT molecular complexity index is 753. The van der Waals surface area contributed by atoms with Crippen LogP contribution in [0.25, 0.3) is 11.1 Å². The number of nitrogens with zero attached hydrogens (tertiary/aromatic N) is 1. The largest absolute Gasteiger partial charge is 0.483 e. The van der Waals surface area contributed by atoms with Crippen LogP contribution in [0.5, 0.6) is 5.75 Å². The summed E-state index contributed by atoms with van der Waals surface area (Å²) in [4.78, 5) is 11.8. The highest BCUT2D eigenvalue weighted by atomic mass is 19.4. The lowest BCUT2D eigenvalue weighted by atomic mass is 10.00. The minimum atomic E-state index is -4.40. The third kappa shape index (κ3) is 4.40. The van der Waals surface area contributed by atoms with Crippen molar-refractivity contribution in [2.45, 2.75) is 32.9 Å². The van der Waals surface area contributed by atoms with Crippen LogP contribution in [0, 0.1) is 6.92 Å². The van der Waals surface area contributed by atoms with Crippen LogP contribution in [-0.4, -0.2) is 17.4 Å². The van der Waals surface area contributed by atoms with E-state index in [1.807, 2.05) is 13.0 Å². The van der Waals surface area contributed by atoms with Gasteiger partial charge < -0.3 is 9.30 Å². The molecule has 2 aromatic rings. The van der Waals surface area contributed by atoms with E-state index in [1.165, 1.54) is 4.57 Å². The molecule has 6 heteroatoms. The predicted octanol–water partition coefficient (Wildman–Crippen LogP) is 4.25. The molecule has 1 aromatic heterocycles. The Morgan fingerprint density at radius 1 is 1.21 bits per heavy atom. The Labute approximate surface area is 138 Å². The van der Waals surface area contributed by atoms with Gasteiger partial charge in [0.2, 0.25) is 0 Å². The molecule has 130 valence electrons. The van der Waals surface area contributed by atoms with Crippen molar-refractivity contribution < 1.29 is 17.9 Å². The summed E-state index contributed by atoms with van der Waals surface area (Å²) in [5.41, 5.74) is 2.62. The van der Waals surface area contributed by atoms with Gasteiger partial charge in [0.05, 0.1) is 0 Å². The first kappa shape index (κ1) is 18.1. The second-order valence-corrected chi connectivity index (χ2v) is 5.81. The number of hydrogen-bond acceptors (Lipinski definition) is 2. The van der Waals surface area contributed by atoms with Crippen LogP contribution in [0.15, 0.2) is 35.3 Å². The van der Waals surface area contributed by atoms with Crippen LogP contribution < -0.4 is 10.3 Å². The molecule has 0 atom stereocenters. The summed E-state index contributed by atoms with van der Waals surface area (Å²) in [6.45, 7) is 2.36. The molecule has 0 aliphatic heterocycles. The van der Waals surface area contributed by atoms with E-state index in [1.54, 1.807) is 38.4 Å². The monoisotopic (exact) mass is 339 g/mol. The molecule has 1 aromatic carbocycles. The Morgan fingerprint density at radius 2 is 1.92 bits per heavy atom. The highest BCUT2D eigenvalue weighted by Gasteiger charge is 2.29. The van der Waals surface area contributed by atoms with Crippen LogP contribution in [0.1, 0.15) is 24.5 Å². The maximum Gasteiger partial charge on any atom is 0.422 e. The van der Waals surface area contributed by atoms with Crippen LogP contribution >= 0.6 is 0 Å². The first-order valence-electron chi connectivity index (χ1n) is 7.71. The zero-order valence-electron chi connectivity index (χ0n) is 13.9. The molecule has 0 bridgehead atoms. The third-order valence-corrected chi connectivity index (χ3v) is 3.65. The Hall–Kier alpha value is -2.24. The van der Waals surface area contributed by atoms with E-state index in [0.29, 0.717) is 16.7 Å². The molecule has 0 radical (unpaired) electrons. The summed E-state index contributed by atoms with van der Waals surface area (Å²) in [6.07, 6.45) is -1.05. The Balaban J connectivity index is 2.51. The van der Waals surface area contributed by atoms with Crippen molar-refractivity contribution in [1.29, 1.82) is 0 Å². The van der Waals surface area contributed by atoms with E-state index in [2.05, 4.69) is 0 Å². The van der Waals surface area contributed by atoms with Crippen LogP contribution in [0.2, 0.25) is 0 Å². The fourth-order valence-corrected chi connectivity index (χ4v) is 2.56. The molecule has 0 fully saturated rings. The minimum Gasteiger partial charge on any atom is -0.483 e. The standard InChI is InChI=1S/C18H20F3NO2/c1-4-5-13-6-7-16(24-11-18(19,20)21)15(9-13)14-8-12(2)17(23)22(3)10-14/h6-10H,4-5,11H2,1-3H3. The molecule has 0 aliphatic carbocycles. The molecule has 2 rings (SSSR count). The summed E-state index contributed by atoms with van der Waals surface area (Å²) in [5.74, 6) is 0.158. The van der Waals surface area contributed by atoms with E-state index in [4.69, 9.17) is 4.74 Å². The van der Waals surface area contributed by atoms with Gasteiger partial charge in [0.15, 0.2) is 6.61 Å². The average Bonchev–Trinajstić information content (AvgIpc) is 2.50. The molecule has 0 N–H and O–H groups in total. The molecule has 0 unspecified atom stereocenters. The van der Waals surface area contributed by atoms with E-state index in [9.17, 15) is 18.0 Å².